The van der Waals surface area contributed by atoms with E-state index in [1.165, 1.54) is 0 Å². The zero-order valence-electron chi connectivity index (χ0n) is 16.5. The molecule has 0 amide bonds. The van der Waals surface area contributed by atoms with Crippen LogP contribution in [0.2, 0.25) is 0 Å². The van der Waals surface area contributed by atoms with Gasteiger partial charge in [-0.25, -0.2) is 8.78 Å². The molecule has 2 fully saturated rings. The van der Waals surface area contributed by atoms with Gasteiger partial charge in [0.15, 0.2) is 0 Å². The van der Waals surface area contributed by atoms with Crippen molar-refractivity contribution in [2.24, 2.45) is 0 Å². The van der Waals surface area contributed by atoms with Gasteiger partial charge in [0, 0.05) is 49.2 Å². The van der Waals surface area contributed by atoms with Gasteiger partial charge < -0.3 is 15.4 Å². The fourth-order valence-electron chi connectivity index (χ4n) is 3.25. The van der Waals surface area contributed by atoms with Crippen LogP contribution in [0.25, 0.3) is 0 Å². The highest BCUT2D eigenvalue weighted by molar-refractivity contribution is 4.85. The number of rotatable bonds is 2. The van der Waals surface area contributed by atoms with E-state index in [1.54, 1.807) is 0 Å². The molecule has 1 saturated heterocycles. The van der Waals surface area contributed by atoms with Crippen molar-refractivity contribution in [1.29, 1.82) is 0 Å². The Bertz CT molecular complexity index is 346. The topological polar surface area (TPSA) is 33.3 Å². The predicted octanol–water partition coefficient (Wildman–Crippen LogP) is 5.78. The van der Waals surface area contributed by atoms with Gasteiger partial charge in [-0.3, -0.25) is 0 Å². The van der Waals surface area contributed by atoms with Crippen molar-refractivity contribution in [3.05, 3.63) is 0 Å². The lowest BCUT2D eigenvalue weighted by molar-refractivity contribution is -0.0421. The van der Waals surface area contributed by atoms with Crippen molar-refractivity contribution in [3.63, 3.8) is 0 Å². The summed E-state index contributed by atoms with van der Waals surface area (Å²) in [4.78, 5) is 0. The van der Waals surface area contributed by atoms with Gasteiger partial charge in [0.25, 0.3) is 0 Å². The molecular formula is C21H46F2N2O. The van der Waals surface area contributed by atoms with E-state index in [-0.39, 0.29) is 44.8 Å². The lowest BCUT2D eigenvalue weighted by Crippen LogP contribution is -2.46. The second-order valence-electron chi connectivity index (χ2n) is 9.31. The van der Waals surface area contributed by atoms with E-state index in [0.717, 1.165) is 26.1 Å². The van der Waals surface area contributed by atoms with Gasteiger partial charge in [0.1, 0.15) is 0 Å². The van der Waals surface area contributed by atoms with Crippen LogP contribution < -0.4 is 10.6 Å². The maximum absolute atomic E-state index is 12.8. The highest BCUT2D eigenvalue weighted by Gasteiger charge is 2.35. The van der Waals surface area contributed by atoms with E-state index in [1.807, 2.05) is 0 Å². The van der Waals surface area contributed by atoms with Gasteiger partial charge in [-0.1, -0.05) is 14.9 Å². The number of ether oxygens (including phenoxy) is 1. The van der Waals surface area contributed by atoms with Crippen molar-refractivity contribution >= 4 is 0 Å². The second-order valence-corrected chi connectivity index (χ2v) is 9.31. The molecule has 1 heterocycles. The summed E-state index contributed by atoms with van der Waals surface area (Å²) >= 11 is 0. The van der Waals surface area contributed by atoms with Crippen LogP contribution in [0, 0.1) is 0 Å². The Labute approximate surface area is 162 Å². The molecule has 2 rings (SSSR count). The third-order valence-electron chi connectivity index (χ3n) is 4.21. The summed E-state index contributed by atoms with van der Waals surface area (Å²) in [5, 5.41) is 6.94. The molecule has 0 radical (unpaired) electrons. The molecule has 1 aliphatic heterocycles. The molecule has 1 saturated carbocycles. The van der Waals surface area contributed by atoms with Crippen LogP contribution in [0.5, 0.6) is 0 Å². The van der Waals surface area contributed by atoms with Crippen LogP contribution >= 0.6 is 0 Å². The van der Waals surface area contributed by atoms with E-state index in [9.17, 15) is 8.78 Å². The van der Waals surface area contributed by atoms with E-state index >= 15 is 0 Å². The monoisotopic (exact) mass is 380 g/mol. The van der Waals surface area contributed by atoms with Gasteiger partial charge in [-0.15, -0.1) is 0 Å². The minimum absolute atomic E-state index is 0. The van der Waals surface area contributed by atoms with Crippen LogP contribution in [-0.4, -0.2) is 42.3 Å². The largest absolute Gasteiger partial charge is 0.381 e. The van der Waals surface area contributed by atoms with Crippen molar-refractivity contribution in [2.75, 3.05) is 13.2 Å². The third-order valence-corrected chi connectivity index (χ3v) is 4.21. The Hall–Kier alpha value is -0.260. The molecule has 5 heteroatoms. The maximum Gasteiger partial charge on any atom is 0.248 e. The molecule has 1 aliphatic carbocycles. The van der Waals surface area contributed by atoms with E-state index in [2.05, 4.69) is 52.2 Å². The molecule has 0 aromatic rings. The Morgan fingerprint density at radius 3 is 1.42 bits per heavy atom. The third kappa shape index (κ3) is 13.9. The Balaban J connectivity index is 0. The molecule has 3 nitrogen and oxygen atoms in total. The average molecular weight is 381 g/mol. The quantitative estimate of drug-likeness (QED) is 0.637. The van der Waals surface area contributed by atoms with Gasteiger partial charge >= 0.3 is 0 Å². The van der Waals surface area contributed by atoms with Crippen molar-refractivity contribution in [2.45, 2.75) is 124 Å². The number of nitrogens with one attached hydrogen (secondary N) is 2. The van der Waals surface area contributed by atoms with Gasteiger partial charge in [0.05, 0.1) is 0 Å². The molecule has 160 valence electrons. The summed E-state index contributed by atoms with van der Waals surface area (Å²) < 4.78 is 30.8. The average Bonchev–Trinajstić information content (AvgIpc) is 2.40. The highest BCUT2D eigenvalue weighted by atomic mass is 19.3. The fraction of sp³-hybridized carbons (Fsp3) is 1.00. The molecule has 0 spiro atoms. The Morgan fingerprint density at radius 1 is 0.731 bits per heavy atom. The minimum atomic E-state index is -2.41. The second kappa shape index (κ2) is 11.6. The van der Waals surface area contributed by atoms with Crippen LogP contribution in [0.3, 0.4) is 0 Å². The summed E-state index contributed by atoms with van der Waals surface area (Å²) in [6.07, 6.45) is 3.62. The first kappa shape index (κ1) is 28.0. The maximum atomic E-state index is 12.8. The highest BCUT2D eigenvalue weighted by Crippen LogP contribution is 2.33. The van der Waals surface area contributed by atoms with Crippen LogP contribution in [-0.2, 0) is 4.74 Å². The normalized spacial score (nSPS) is 21.7. The molecule has 0 unspecified atom stereocenters. The summed E-state index contributed by atoms with van der Waals surface area (Å²) in [6, 6.07) is 0.948. The number of alkyl halides is 2. The molecule has 0 aromatic heterocycles. The van der Waals surface area contributed by atoms with Gasteiger partial charge in [-0.05, 0) is 67.2 Å². The summed E-state index contributed by atoms with van der Waals surface area (Å²) in [5.41, 5.74) is 0.291. The van der Waals surface area contributed by atoms with Crippen LogP contribution in [0.15, 0.2) is 0 Å². The molecule has 0 aromatic carbocycles. The lowest BCUT2D eigenvalue weighted by Gasteiger charge is -2.34. The standard InChI is InChI=1S/C10H19F2N.C9H19NO.2CH4/c1-9(2,3)13-8-4-6-10(11,12)7-5-8;1-9(2,3)10-8-4-6-11-7-5-8;;/h8,13H,4-7H2,1-3H3;8,10H,4-7H2,1-3H3;2*1H4. The number of hydrogen-bond donors (Lipinski definition) is 2. The van der Waals surface area contributed by atoms with E-state index in [0.29, 0.717) is 18.9 Å². The molecule has 2 aliphatic rings. The summed E-state index contributed by atoms with van der Waals surface area (Å²) in [6.45, 7) is 14.7. The molecule has 2 N–H and O–H groups in total. The zero-order valence-corrected chi connectivity index (χ0v) is 16.5. The van der Waals surface area contributed by atoms with Crippen molar-refractivity contribution < 1.29 is 13.5 Å². The molecule has 26 heavy (non-hydrogen) atoms. The Morgan fingerprint density at radius 2 is 1.08 bits per heavy atom. The smallest absolute Gasteiger partial charge is 0.248 e. The van der Waals surface area contributed by atoms with Gasteiger partial charge in [0.2, 0.25) is 5.92 Å². The molecular weight excluding hydrogens is 334 g/mol. The minimum Gasteiger partial charge on any atom is -0.381 e. The van der Waals surface area contributed by atoms with Gasteiger partial charge in [-0.2, -0.15) is 0 Å². The lowest BCUT2D eigenvalue weighted by atomic mass is 9.90. The summed E-state index contributed by atoms with van der Waals surface area (Å²) in [7, 11) is 0. The predicted molar refractivity (Wildman–Crippen MR) is 110 cm³/mol. The Kier molecular flexibility index (Phi) is 12.4. The van der Waals surface area contributed by atoms with Crippen LogP contribution in [0.1, 0.15) is 94.9 Å². The summed E-state index contributed by atoms with van der Waals surface area (Å²) in [5.74, 6) is -2.41. The first-order valence-corrected chi connectivity index (χ1v) is 9.37. The van der Waals surface area contributed by atoms with E-state index < -0.39 is 5.92 Å². The van der Waals surface area contributed by atoms with Crippen LogP contribution in [0.4, 0.5) is 8.78 Å². The molecule has 0 bridgehead atoms. The first-order valence-electron chi connectivity index (χ1n) is 9.37. The fourth-order valence-corrected chi connectivity index (χ4v) is 3.25. The number of hydrogen-bond acceptors (Lipinski definition) is 3. The SMILES string of the molecule is C.C.CC(C)(C)NC1CCC(F)(F)CC1.CC(C)(C)NC1CCOCC1. The number of halogens is 2. The first-order chi connectivity index (χ1) is 10.9. The molecule has 0 atom stereocenters. The van der Waals surface area contributed by atoms with Crippen molar-refractivity contribution in [1.82, 2.24) is 10.6 Å². The van der Waals surface area contributed by atoms with E-state index in [4.69, 9.17) is 4.74 Å². The van der Waals surface area contributed by atoms with Crippen molar-refractivity contribution in [3.8, 4) is 0 Å². The zero-order chi connectivity index (χ0) is 18.4.